The molecule has 1 atom stereocenters. The van der Waals surface area contributed by atoms with Crippen LogP contribution in [0.3, 0.4) is 0 Å². The maximum Gasteiger partial charge on any atom is 0.142 e. The van der Waals surface area contributed by atoms with E-state index in [0.717, 1.165) is 38.4 Å². The summed E-state index contributed by atoms with van der Waals surface area (Å²) in [5, 5.41) is 0. The van der Waals surface area contributed by atoms with E-state index in [9.17, 15) is 4.79 Å². The second-order valence-corrected chi connectivity index (χ2v) is 6.87. The Morgan fingerprint density at radius 3 is 2.42 bits per heavy atom. The average Bonchev–Trinajstić information content (AvgIpc) is 2.39. The van der Waals surface area contributed by atoms with Crippen molar-refractivity contribution in [3.63, 3.8) is 0 Å². The van der Waals surface area contributed by atoms with E-state index in [-0.39, 0.29) is 11.3 Å². The molecule has 0 amide bonds. The minimum absolute atomic E-state index is 0.0861. The van der Waals surface area contributed by atoms with Crippen LogP contribution < -0.4 is 0 Å². The molecule has 0 aromatic carbocycles. The Balaban J connectivity index is 2.57. The fraction of sp³-hybridized carbons (Fsp3) is 0.941. The number of ketones is 1. The Kier molecular flexibility index (Phi) is 6.52. The lowest BCUT2D eigenvalue weighted by Crippen LogP contribution is -2.42. The number of nitrogens with zero attached hydrogens (tertiary/aromatic N) is 1. The summed E-state index contributed by atoms with van der Waals surface area (Å²) in [6.45, 7) is 14.2. The minimum atomic E-state index is -0.0861. The van der Waals surface area contributed by atoms with Gasteiger partial charge in [0.05, 0.1) is 0 Å². The third-order valence-electron chi connectivity index (χ3n) is 4.99. The van der Waals surface area contributed by atoms with Gasteiger partial charge in [0.1, 0.15) is 5.78 Å². The molecule has 1 aliphatic rings. The van der Waals surface area contributed by atoms with E-state index in [1.807, 2.05) is 0 Å². The van der Waals surface area contributed by atoms with E-state index in [4.69, 9.17) is 0 Å². The van der Waals surface area contributed by atoms with Crippen molar-refractivity contribution in [1.29, 1.82) is 0 Å². The fourth-order valence-corrected chi connectivity index (χ4v) is 3.33. The zero-order valence-corrected chi connectivity index (χ0v) is 13.7. The van der Waals surface area contributed by atoms with Crippen LogP contribution in [0.15, 0.2) is 0 Å². The van der Waals surface area contributed by atoms with E-state index in [1.165, 1.54) is 19.3 Å². The molecule has 0 radical (unpaired) electrons. The number of Topliss-reactive ketones (excluding diaryl/α,β-unsaturated/α-hetero) is 1. The van der Waals surface area contributed by atoms with E-state index < -0.39 is 0 Å². The van der Waals surface area contributed by atoms with Gasteiger partial charge in [-0.25, -0.2) is 0 Å². The van der Waals surface area contributed by atoms with E-state index in [2.05, 4.69) is 39.5 Å². The van der Waals surface area contributed by atoms with Crippen molar-refractivity contribution in [1.82, 2.24) is 4.90 Å². The lowest BCUT2D eigenvalue weighted by molar-refractivity contribution is -0.135. The van der Waals surface area contributed by atoms with Crippen LogP contribution in [-0.4, -0.2) is 30.3 Å². The number of rotatable bonds is 7. The second-order valence-electron chi connectivity index (χ2n) is 6.87. The minimum Gasteiger partial charge on any atom is -0.303 e. The quantitative estimate of drug-likeness (QED) is 0.691. The molecule has 19 heavy (non-hydrogen) atoms. The Hall–Kier alpha value is -0.370. The lowest BCUT2D eigenvalue weighted by atomic mass is 9.71. The first-order valence-corrected chi connectivity index (χ1v) is 8.21. The van der Waals surface area contributed by atoms with Crippen LogP contribution in [0, 0.1) is 17.3 Å². The third-order valence-corrected chi connectivity index (χ3v) is 4.99. The number of hydrogen-bond acceptors (Lipinski definition) is 2. The molecular weight excluding hydrogens is 234 g/mol. The summed E-state index contributed by atoms with van der Waals surface area (Å²) in [5.74, 6) is 1.56. The van der Waals surface area contributed by atoms with Crippen LogP contribution in [0.1, 0.15) is 66.7 Å². The molecule has 0 heterocycles. The summed E-state index contributed by atoms with van der Waals surface area (Å²) in [4.78, 5) is 15.0. The first kappa shape index (κ1) is 16.7. The summed E-state index contributed by atoms with van der Waals surface area (Å²) in [5.41, 5.74) is -0.0861. The van der Waals surface area contributed by atoms with Crippen molar-refractivity contribution in [3.05, 3.63) is 0 Å². The van der Waals surface area contributed by atoms with Crippen molar-refractivity contribution < 1.29 is 4.79 Å². The standard InChI is InChI=1S/C17H33NO/c1-6-14(7-2)12-18(8-3)13-15-10-9-11-17(4,5)16(15)19/h14-15H,6-13H2,1-5H3. The van der Waals surface area contributed by atoms with Crippen molar-refractivity contribution in [2.75, 3.05) is 19.6 Å². The van der Waals surface area contributed by atoms with Crippen LogP contribution in [0.2, 0.25) is 0 Å². The highest BCUT2D eigenvalue weighted by atomic mass is 16.1. The topological polar surface area (TPSA) is 20.3 Å². The maximum atomic E-state index is 12.5. The fourth-order valence-electron chi connectivity index (χ4n) is 3.33. The molecule has 2 nitrogen and oxygen atoms in total. The first-order chi connectivity index (χ1) is 8.94. The van der Waals surface area contributed by atoms with Gasteiger partial charge in [-0.05, 0) is 25.3 Å². The third kappa shape index (κ3) is 4.59. The van der Waals surface area contributed by atoms with E-state index in [0.29, 0.717) is 5.78 Å². The monoisotopic (exact) mass is 267 g/mol. The summed E-state index contributed by atoms with van der Waals surface area (Å²) >= 11 is 0. The van der Waals surface area contributed by atoms with Crippen LogP contribution in [0.5, 0.6) is 0 Å². The van der Waals surface area contributed by atoms with Gasteiger partial charge in [-0.3, -0.25) is 4.79 Å². The summed E-state index contributed by atoms with van der Waals surface area (Å²) < 4.78 is 0. The number of hydrogen-bond donors (Lipinski definition) is 0. The Morgan fingerprint density at radius 1 is 1.26 bits per heavy atom. The van der Waals surface area contributed by atoms with E-state index >= 15 is 0 Å². The highest BCUT2D eigenvalue weighted by Crippen LogP contribution is 2.35. The van der Waals surface area contributed by atoms with Gasteiger partial charge in [-0.2, -0.15) is 0 Å². The molecule has 112 valence electrons. The van der Waals surface area contributed by atoms with Gasteiger partial charge in [0.15, 0.2) is 0 Å². The molecule has 0 aliphatic heterocycles. The van der Waals surface area contributed by atoms with Gasteiger partial charge >= 0.3 is 0 Å². The van der Waals surface area contributed by atoms with Gasteiger partial charge in [-0.15, -0.1) is 0 Å². The molecule has 1 rings (SSSR count). The highest BCUT2D eigenvalue weighted by Gasteiger charge is 2.37. The highest BCUT2D eigenvalue weighted by molar-refractivity contribution is 5.87. The SMILES string of the molecule is CCC(CC)CN(CC)CC1CCCC(C)(C)C1=O. The molecular formula is C17H33NO. The Labute approximate surface area is 119 Å². The molecule has 0 spiro atoms. The number of carbonyl (C=O) groups is 1. The summed E-state index contributed by atoms with van der Waals surface area (Å²) in [7, 11) is 0. The average molecular weight is 267 g/mol. The largest absolute Gasteiger partial charge is 0.303 e. The molecule has 1 saturated carbocycles. The molecule has 0 aromatic rings. The molecule has 0 N–H and O–H groups in total. The molecule has 2 heteroatoms. The molecule has 0 bridgehead atoms. The predicted molar refractivity (Wildman–Crippen MR) is 82.3 cm³/mol. The van der Waals surface area contributed by atoms with Crippen LogP contribution in [-0.2, 0) is 4.79 Å². The molecule has 0 aromatic heterocycles. The van der Waals surface area contributed by atoms with Gasteiger partial charge in [0.25, 0.3) is 0 Å². The zero-order valence-electron chi connectivity index (χ0n) is 13.7. The predicted octanol–water partition coefficient (Wildman–Crippen LogP) is 4.14. The van der Waals surface area contributed by atoms with Crippen LogP contribution in [0.25, 0.3) is 0 Å². The smallest absolute Gasteiger partial charge is 0.142 e. The van der Waals surface area contributed by atoms with Crippen molar-refractivity contribution in [2.24, 2.45) is 17.3 Å². The molecule has 1 fully saturated rings. The summed E-state index contributed by atoms with van der Waals surface area (Å²) in [6, 6.07) is 0. The van der Waals surface area contributed by atoms with Gasteiger partial charge in [0.2, 0.25) is 0 Å². The van der Waals surface area contributed by atoms with Gasteiger partial charge in [0, 0.05) is 24.4 Å². The normalized spacial score (nSPS) is 23.3. The zero-order chi connectivity index (χ0) is 14.5. The summed E-state index contributed by atoms with van der Waals surface area (Å²) in [6.07, 6.45) is 5.88. The van der Waals surface area contributed by atoms with Gasteiger partial charge < -0.3 is 4.90 Å². The molecule has 1 aliphatic carbocycles. The Morgan fingerprint density at radius 2 is 1.89 bits per heavy atom. The van der Waals surface area contributed by atoms with Crippen LogP contribution >= 0.6 is 0 Å². The molecule has 1 unspecified atom stereocenters. The molecule has 0 saturated heterocycles. The van der Waals surface area contributed by atoms with E-state index in [1.54, 1.807) is 0 Å². The second kappa shape index (κ2) is 7.42. The van der Waals surface area contributed by atoms with Crippen molar-refractivity contribution in [2.45, 2.75) is 66.7 Å². The Bertz CT molecular complexity index is 281. The lowest BCUT2D eigenvalue weighted by Gasteiger charge is -2.36. The maximum absolute atomic E-state index is 12.5. The number of carbonyl (C=O) groups excluding carboxylic acids is 1. The van der Waals surface area contributed by atoms with Crippen molar-refractivity contribution in [3.8, 4) is 0 Å². The first-order valence-electron chi connectivity index (χ1n) is 8.21. The van der Waals surface area contributed by atoms with Crippen LogP contribution in [0.4, 0.5) is 0 Å². The van der Waals surface area contributed by atoms with Gasteiger partial charge in [-0.1, -0.05) is 53.9 Å². The van der Waals surface area contributed by atoms with Crippen molar-refractivity contribution >= 4 is 5.78 Å².